The van der Waals surface area contributed by atoms with Gasteiger partial charge in [0.2, 0.25) is 5.95 Å². The van der Waals surface area contributed by atoms with Crippen molar-refractivity contribution in [3.05, 3.63) is 18.0 Å². The zero-order valence-electron chi connectivity index (χ0n) is 17.3. The van der Waals surface area contributed by atoms with E-state index in [9.17, 15) is 18.0 Å². The second-order valence-electron chi connectivity index (χ2n) is 6.90. The van der Waals surface area contributed by atoms with Crippen LogP contribution in [0.5, 0.6) is 0 Å². The number of nitrogens with zero attached hydrogens (tertiary/aromatic N) is 3. The molecule has 1 aromatic rings. The van der Waals surface area contributed by atoms with Crippen molar-refractivity contribution in [2.24, 2.45) is 10.9 Å². The zero-order valence-corrected chi connectivity index (χ0v) is 17.3. The molecular formula is C19H29F3N6O2. The van der Waals surface area contributed by atoms with Gasteiger partial charge < -0.3 is 20.7 Å². The molecule has 0 aliphatic heterocycles. The third-order valence-electron chi connectivity index (χ3n) is 4.64. The first-order chi connectivity index (χ1) is 14.3. The molecule has 0 bridgehead atoms. The fourth-order valence-corrected chi connectivity index (χ4v) is 3.18. The maximum Gasteiger partial charge on any atom is 0.433 e. The molecule has 0 unspecified atom stereocenters. The quantitative estimate of drug-likeness (QED) is 0.252. The van der Waals surface area contributed by atoms with Gasteiger partial charge in [-0.15, -0.1) is 0 Å². The molecule has 1 saturated carbocycles. The van der Waals surface area contributed by atoms with Crippen LogP contribution in [0.3, 0.4) is 0 Å². The highest BCUT2D eigenvalue weighted by atomic mass is 19.4. The normalized spacial score (nSPS) is 19.8. The van der Waals surface area contributed by atoms with Crippen LogP contribution in [0.2, 0.25) is 0 Å². The number of rotatable bonds is 8. The van der Waals surface area contributed by atoms with E-state index in [1.807, 2.05) is 6.92 Å². The van der Waals surface area contributed by atoms with Gasteiger partial charge in [0.25, 0.3) is 0 Å². The minimum absolute atomic E-state index is 0.0424. The molecule has 0 atom stereocenters. The number of anilines is 1. The van der Waals surface area contributed by atoms with Crippen LogP contribution in [0.15, 0.2) is 17.3 Å². The lowest BCUT2D eigenvalue weighted by molar-refractivity contribution is -0.149. The molecule has 1 aromatic heterocycles. The molecule has 168 valence electrons. The smallest absolute Gasteiger partial charge is 0.433 e. The van der Waals surface area contributed by atoms with E-state index in [0.717, 1.165) is 37.9 Å². The number of alkyl halides is 3. The number of guanidine groups is 1. The predicted molar refractivity (Wildman–Crippen MR) is 107 cm³/mol. The van der Waals surface area contributed by atoms with Crippen LogP contribution < -0.4 is 16.0 Å². The van der Waals surface area contributed by atoms with E-state index in [2.05, 4.69) is 30.9 Å². The molecule has 0 spiro atoms. The summed E-state index contributed by atoms with van der Waals surface area (Å²) in [5.74, 6) is 0.373. The number of aliphatic imine (C=N–C) groups is 1. The second kappa shape index (κ2) is 11.6. The standard InChI is InChI=1S/C19H29F3N6O2/c1-3-23-17(27-14-7-5-13(6-8-14)16(29)30-4-2)25-11-12-26-18-24-10-9-15(28-18)19(20,21)22/h9-10,13-14H,3-8,11-12H2,1-2H3,(H2,23,25,27)(H,24,26,28). The van der Waals surface area contributed by atoms with Crippen molar-refractivity contribution in [2.75, 3.05) is 31.6 Å². The molecule has 3 N–H and O–H groups in total. The van der Waals surface area contributed by atoms with Gasteiger partial charge in [-0.25, -0.2) is 9.97 Å². The Morgan fingerprint density at radius 1 is 1.27 bits per heavy atom. The van der Waals surface area contributed by atoms with Crippen LogP contribution in [0, 0.1) is 5.92 Å². The van der Waals surface area contributed by atoms with Gasteiger partial charge in [0.1, 0.15) is 5.69 Å². The number of esters is 1. The van der Waals surface area contributed by atoms with E-state index in [1.54, 1.807) is 6.92 Å². The summed E-state index contributed by atoms with van der Waals surface area (Å²) in [5.41, 5.74) is -0.989. The van der Waals surface area contributed by atoms with Gasteiger partial charge in [-0.2, -0.15) is 13.2 Å². The summed E-state index contributed by atoms with van der Waals surface area (Å²) in [6.07, 6.45) is -0.227. The number of carbonyl (C=O) groups is 1. The van der Waals surface area contributed by atoms with Crippen molar-refractivity contribution in [2.45, 2.75) is 51.7 Å². The molecule has 11 heteroatoms. The SMILES string of the molecule is CCNC(=NCCNc1nccc(C(F)(F)F)n1)NC1CCC(C(=O)OCC)CC1. The molecule has 1 fully saturated rings. The third-order valence-corrected chi connectivity index (χ3v) is 4.64. The zero-order chi connectivity index (χ0) is 22.0. The summed E-state index contributed by atoms with van der Waals surface area (Å²) in [4.78, 5) is 23.5. The first kappa shape index (κ1) is 23.7. The monoisotopic (exact) mass is 430 g/mol. The fourth-order valence-electron chi connectivity index (χ4n) is 3.18. The summed E-state index contributed by atoms with van der Waals surface area (Å²) in [7, 11) is 0. The van der Waals surface area contributed by atoms with Gasteiger partial charge in [0.05, 0.1) is 19.1 Å². The highest BCUT2D eigenvalue weighted by Crippen LogP contribution is 2.27. The third kappa shape index (κ3) is 7.68. The van der Waals surface area contributed by atoms with E-state index in [0.29, 0.717) is 25.7 Å². The van der Waals surface area contributed by atoms with Crippen molar-refractivity contribution < 1.29 is 22.7 Å². The summed E-state index contributed by atoms with van der Waals surface area (Å²) >= 11 is 0. The maximum absolute atomic E-state index is 12.7. The van der Waals surface area contributed by atoms with Crippen molar-refractivity contribution in [3.8, 4) is 0 Å². The van der Waals surface area contributed by atoms with Crippen molar-refractivity contribution in [1.82, 2.24) is 20.6 Å². The van der Waals surface area contributed by atoms with Crippen molar-refractivity contribution >= 4 is 17.9 Å². The number of aromatic nitrogens is 2. The van der Waals surface area contributed by atoms with Crippen molar-refractivity contribution in [3.63, 3.8) is 0 Å². The molecular weight excluding hydrogens is 401 g/mol. The van der Waals surface area contributed by atoms with Gasteiger partial charge in [-0.3, -0.25) is 9.79 Å². The molecule has 1 aliphatic carbocycles. The Morgan fingerprint density at radius 2 is 2.00 bits per heavy atom. The molecule has 2 rings (SSSR count). The highest BCUT2D eigenvalue weighted by Gasteiger charge is 2.32. The Labute approximate surface area is 174 Å². The number of nitrogens with one attached hydrogen (secondary N) is 3. The minimum Gasteiger partial charge on any atom is -0.466 e. The van der Waals surface area contributed by atoms with E-state index in [-0.39, 0.29) is 30.4 Å². The molecule has 0 saturated heterocycles. The van der Waals surface area contributed by atoms with Crippen LogP contribution >= 0.6 is 0 Å². The lowest BCUT2D eigenvalue weighted by atomic mass is 9.86. The number of carbonyl (C=O) groups excluding carboxylic acids is 1. The Morgan fingerprint density at radius 3 is 2.63 bits per heavy atom. The van der Waals surface area contributed by atoms with Gasteiger partial charge in [-0.05, 0) is 45.6 Å². The molecule has 1 aliphatic rings. The molecule has 30 heavy (non-hydrogen) atoms. The summed E-state index contributed by atoms with van der Waals surface area (Å²) in [6.45, 7) is 5.43. The van der Waals surface area contributed by atoms with E-state index in [1.165, 1.54) is 0 Å². The van der Waals surface area contributed by atoms with Crippen LogP contribution in [0.25, 0.3) is 0 Å². The Bertz CT molecular complexity index is 706. The van der Waals surface area contributed by atoms with Gasteiger partial charge >= 0.3 is 12.1 Å². The molecule has 0 aromatic carbocycles. The average molecular weight is 430 g/mol. The van der Waals surface area contributed by atoms with E-state index >= 15 is 0 Å². The van der Waals surface area contributed by atoms with Crippen LogP contribution in [-0.2, 0) is 15.7 Å². The lowest BCUT2D eigenvalue weighted by Crippen LogP contribution is -2.45. The average Bonchev–Trinajstić information content (AvgIpc) is 2.71. The Hall–Kier alpha value is -2.59. The van der Waals surface area contributed by atoms with Crippen LogP contribution in [-0.4, -0.2) is 54.2 Å². The van der Waals surface area contributed by atoms with Gasteiger partial charge in [0.15, 0.2) is 5.96 Å². The molecule has 1 heterocycles. The fraction of sp³-hybridized carbons (Fsp3) is 0.684. The summed E-state index contributed by atoms with van der Waals surface area (Å²) < 4.78 is 43.2. The predicted octanol–water partition coefficient (Wildman–Crippen LogP) is 2.58. The van der Waals surface area contributed by atoms with Gasteiger partial charge in [-0.1, -0.05) is 0 Å². The Balaban J connectivity index is 1.80. The van der Waals surface area contributed by atoms with Crippen molar-refractivity contribution in [1.29, 1.82) is 0 Å². The number of hydrogen-bond acceptors (Lipinski definition) is 6. The van der Waals surface area contributed by atoms with Crippen LogP contribution in [0.4, 0.5) is 19.1 Å². The number of ether oxygens (including phenoxy) is 1. The van der Waals surface area contributed by atoms with Crippen LogP contribution in [0.1, 0.15) is 45.2 Å². The topological polar surface area (TPSA) is 101 Å². The first-order valence-corrected chi connectivity index (χ1v) is 10.2. The maximum atomic E-state index is 12.7. The van der Waals surface area contributed by atoms with E-state index < -0.39 is 11.9 Å². The highest BCUT2D eigenvalue weighted by molar-refractivity contribution is 5.80. The summed E-state index contributed by atoms with van der Waals surface area (Å²) in [5, 5.41) is 9.26. The molecule has 0 radical (unpaired) electrons. The second-order valence-corrected chi connectivity index (χ2v) is 6.90. The first-order valence-electron chi connectivity index (χ1n) is 10.2. The number of hydrogen-bond donors (Lipinski definition) is 3. The van der Waals surface area contributed by atoms with E-state index in [4.69, 9.17) is 4.74 Å². The lowest BCUT2D eigenvalue weighted by Gasteiger charge is -2.29. The largest absolute Gasteiger partial charge is 0.466 e. The number of halogens is 3. The summed E-state index contributed by atoms with van der Waals surface area (Å²) in [6, 6.07) is 1.03. The van der Waals surface area contributed by atoms with Gasteiger partial charge in [0, 0.05) is 25.3 Å². The molecule has 8 nitrogen and oxygen atoms in total. The Kier molecular flexibility index (Phi) is 9.13. The minimum atomic E-state index is -4.51. The molecule has 0 amide bonds.